The van der Waals surface area contributed by atoms with E-state index in [1.54, 1.807) is 16.9 Å². The molecule has 2 heterocycles. The van der Waals surface area contributed by atoms with E-state index >= 15 is 0 Å². The highest BCUT2D eigenvalue weighted by Crippen LogP contribution is 2.50. The number of halogens is 1. The van der Waals surface area contributed by atoms with E-state index in [9.17, 15) is 5.11 Å². The first-order valence-electron chi connectivity index (χ1n) is 7.47. The highest BCUT2D eigenvalue weighted by Gasteiger charge is 2.51. The lowest BCUT2D eigenvalue weighted by atomic mass is 9.76. The van der Waals surface area contributed by atoms with Crippen molar-refractivity contribution in [3.63, 3.8) is 0 Å². The van der Waals surface area contributed by atoms with Gasteiger partial charge in [-0.2, -0.15) is 0 Å². The molecule has 5 nitrogen and oxygen atoms in total. The molecule has 0 spiro atoms. The smallest absolute Gasteiger partial charge is 0.215 e. The van der Waals surface area contributed by atoms with Crippen LogP contribution in [0.5, 0.6) is 0 Å². The summed E-state index contributed by atoms with van der Waals surface area (Å²) < 4.78 is 2.14. The van der Waals surface area contributed by atoms with Gasteiger partial charge in [-0.05, 0) is 54.3 Å². The normalized spacial score (nSPS) is 25.1. The largest absolute Gasteiger partial charge is 0.383 e. The second kappa shape index (κ2) is 5.85. The number of aromatic nitrogens is 4. The SMILES string of the molecule is CC1(C)CC/C(=C\c2ccc(Cl)cn2)C1(O)Cn1[nH]cnc1=S. The van der Waals surface area contributed by atoms with Crippen LogP contribution in [-0.4, -0.2) is 30.5 Å². The van der Waals surface area contributed by atoms with Crippen molar-refractivity contribution in [1.29, 1.82) is 0 Å². The van der Waals surface area contributed by atoms with Crippen molar-refractivity contribution in [2.45, 2.75) is 38.8 Å². The molecule has 0 aliphatic heterocycles. The summed E-state index contributed by atoms with van der Waals surface area (Å²) in [4.78, 5) is 8.32. The third kappa shape index (κ3) is 2.98. The molecule has 0 radical (unpaired) electrons. The Hall–Kier alpha value is -1.50. The minimum absolute atomic E-state index is 0.273. The Morgan fingerprint density at radius 2 is 2.22 bits per heavy atom. The first kappa shape index (κ1) is 16.4. The number of rotatable bonds is 3. The number of nitrogens with zero attached hydrogens (tertiary/aromatic N) is 3. The van der Waals surface area contributed by atoms with E-state index in [2.05, 4.69) is 28.9 Å². The van der Waals surface area contributed by atoms with Gasteiger partial charge in [0.2, 0.25) is 4.77 Å². The number of aromatic amines is 1. The molecule has 0 amide bonds. The quantitative estimate of drug-likeness (QED) is 0.829. The molecule has 1 aliphatic rings. The van der Waals surface area contributed by atoms with Crippen LogP contribution >= 0.6 is 23.8 Å². The summed E-state index contributed by atoms with van der Waals surface area (Å²) in [5, 5.41) is 15.0. The van der Waals surface area contributed by atoms with Gasteiger partial charge in [-0.3, -0.25) is 14.8 Å². The van der Waals surface area contributed by atoms with Crippen LogP contribution in [0.3, 0.4) is 0 Å². The Labute approximate surface area is 145 Å². The number of H-pyrrole nitrogens is 1. The molecule has 1 unspecified atom stereocenters. The van der Waals surface area contributed by atoms with Crippen LogP contribution in [-0.2, 0) is 6.54 Å². The minimum atomic E-state index is -1.01. The summed E-state index contributed by atoms with van der Waals surface area (Å²) in [6, 6.07) is 3.65. The van der Waals surface area contributed by atoms with Crippen LogP contribution in [0.25, 0.3) is 6.08 Å². The third-order valence-corrected chi connectivity index (χ3v) is 5.30. The van der Waals surface area contributed by atoms with E-state index in [0.717, 1.165) is 24.1 Å². The second-order valence-corrected chi connectivity index (χ2v) is 7.37. The maximum absolute atomic E-state index is 11.5. The predicted octanol–water partition coefficient (Wildman–Crippen LogP) is 3.62. The molecule has 3 rings (SSSR count). The van der Waals surface area contributed by atoms with Gasteiger partial charge in [-0.15, -0.1) is 0 Å². The number of nitrogens with one attached hydrogen (secondary N) is 1. The fourth-order valence-electron chi connectivity index (χ4n) is 3.07. The molecule has 0 bridgehead atoms. The molecule has 1 saturated carbocycles. The first-order chi connectivity index (χ1) is 10.8. The predicted molar refractivity (Wildman–Crippen MR) is 92.6 cm³/mol. The summed E-state index contributed by atoms with van der Waals surface area (Å²) in [6.45, 7) is 4.49. The van der Waals surface area contributed by atoms with Gasteiger partial charge in [0.15, 0.2) is 0 Å². The molecule has 1 aliphatic carbocycles. The van der Waals surface area contributed by atoms with Crippen molar-refractivity contribution >= 4 is 29.9 Å². The maximum atomic E-state index is 11.5. The lowest BCUT2D eigenvalue weighted by Crippen LogP contribution is -2.45. The standard InChI is InChI=1S/C16H19ClN4OS/c1-15(2)6-5-11(7-13-4-3-12(17)8-18-13)16(15,22)9-21-14(23)19-10-20-21/h3-4,7-8,10,22H,5-6,9H2,1-2H3,(H,19,20,23)/b11-7+. The Morgan fingerprint density at radius 3 is 2.83 bits per heavy atom. The molecule has 23 heavy (non-hydrogen) atoms. The van der Waals surface area contributed by atoms with E-state index in [1.807, 2.05) is 12.1 Å². The van der Waals surface area contributed by atoms with Gasteiger partial charge in [-0.1, -0.05) is 25.4 Å². The van der Waals surface area contributed by atoms with Gasteiger partial charge in [0.25, 0.3) is 0 Å². The lowest BCUT2D eigenvalue weighted by molar-refractivity contribution is -0.0301. The van der Waals surface area contributed by atoms with Crippen molar-refractivity contribution in [3.8, 4) is 0 Å². The molecule has 2 N–H and O–H groups in total. The molecule has 7 heteroatoms. The van der Waals surface area contributed by atoms with Crippen LogP contribution < -0.4 is 0 Å². The van der Waals surface area contributed by atoms with Gasteiger partial charge in [-0.25, -0.2) is 4.98 Å². The van der Waals surface area contributed by atoms with Crippen molar-refractivity contribution in [2.24, 2.45) is 5.41 Å². The molecular formula is C16H19ClN4OS. The summed E-state index contributed by atoms with van der Waals surface area (Å²) in [5.74, 6) is 0. The molecule has 1 atom stereocenters. The zero-order valence-electron chi connectivity index (χ0n) is 13.1. The van der Waals surface area contributed by atoms with Crippen LogP contribution in [0.4, 0.5) is 0 Å². The number of aliphatic hydroxyl groups is 1. The van der Waals surface area contributed by atoms with Gasteiger partial charge < -0.3 is 5.11 Å². The topological polar surface area (TPSA) is 66.7 Å². The molecule has 1 fully saturated rings. The van der Waals surface area contributed by atoms with Crippen molar-refractivity contribution < 1.29 is 5.11 Å². The van der Waals surface area contributed by atoms with Crippen molar-refractivity contribution in [1.82, 2.24) is 19.7 Å². The summed E-state index contributed by atoms with van der Waals surface area (Å²) in [6.07, 6.45) is 6.81. The van der Waals surface area contributed by atoms with Gasteiger partial charge in [0.1, 0.15) is 11.9 Å². The summed E-state index contributed by atoms with van der Waals surface area (Å²) >= 11 is 11.1. The van der Waals surface area contributed by atoms with Crippen LogP contribution in [0, 0.1) is 10.2 Å². The van der Waals surface area contributed by atoms with E-state index in [4.69, 9.17) is 23.8 Å². The lowest BCUT2D eigenvalue weighted by Gasteiger charge is -2.37. The van der Waals surface area contributed by atoms with E-state index in [1.165, 1.54) is 6.33 Å². The highest BCUT2D eigenvalue weighted by atomic mass is 35.5. The van der Waals surface area contributed by atoms with Crippen LogP contribution in [0.1, 0.15) is 32.4 Å². The van der Waals surface area contributed by atoms with Gasteiger partial charge >= 0.3 is 0 Å². The van der Waals surface area contributed by atoms with Gasteiger partial charge in [0.05, 0.1) is 17.3 Å². The Balaban J connectivity index is 2.00. The second-order valence-electron chi connectivity index (χ2n) is 6.57. The van der Waals surface area contributed by atoms with Gasteiger partial charge in [0, 0.05) is 6.20 Å². The highest BCUT2D eigenvalue weighted by molar-refractivity contribution is 7.71. The fourth-order valence-corrected chi connectivity index (χ4v) is 3.36. The summed E-state index contributed by atoms with van der Waals surface area (Å²) in [7, 11) is 0. The molecule has 122 valence electrons. The average molecular weight is 351 g/mol. The first-order valence-corrected chi connectivity index (χ1v) is 8.26. The average Bonchev–Trinajstić information content (AvgIpc) is 2.98. The third-order valence-electron chi connectivity index (χ3n) is 4.75. The number of hydrogen-bond donors (Lipinski definition) is 2. The summed E-state index contributed by atoms with van der Waals surface area (Å²) in [5.41, 5.74) is 0.451. The molecule has 0 saturated heterocycles. The Kier molecular flexibility index (Phi) is 4.16. The fraction of sp³-hybridized carbons (Fsp3) is 0.438. The maximum Gasteiger partial charge on any atom is 0.215 e. The van der Waals surface area contributed by atoms with E-state index in [0.29, 0.717) is 16.3 Å². The zero-order chi connectivity index (χ0) is 16.7. The molecule has 2 aromatic rings. The van der Waals surface area contributed by atoms with Crippen molar-refractivity contribution in [2.75, 3.05) is 0 Å². The van der Waals surface area contributed by atoms with Crippen molar-refractivity contribution in [3.05, 3.63) is 45.7 Å². The van der Waals surface area contributed by atoms with E-state index < -0.39 is 5.60 Å². The Morgan fingerprint density at radius 1 is 1.43 bits per heavy atom. The number of pyridine rings is 1. The van der Waals surface area contributed by atoms with Crippen LogP contribution in [0.15, 0.2) is 30.2 Å². The minimum Gasteiger partial charge on any atom is -0.383 e. The molecule has 0 aromatic carbocycles. The zero-order valence-corrected chi connectivity index (χ0v) is 14.7. The van der Waals surface area contributed by atoms with E-state index in [-0.39, 0.29) is 5.41 Å². The molecular weight excluding hydrogens is 332 g/mol. The molecule has 2 aromatic heterocycles. The Bertz CT molecular complexity index is 793. The number of hydrogen-bond acceptors (Lipinski definition) is 4. The monoisotopic (exact) mass is 350 g/mol. The van der Waals surface area contributed by atoms with Crippen LogP contribution in [0.2, 0.25) is 5.02 Å².